The van der Waals surface area contributed by atoms with E-state index < -0.39 is 0 Å². The van der Waals surface area contributed by atoms with Gasteiger partial charge in [-0.05, 0) is 24.5 Å². The summed E-state index contributed by atoms with van der Waals surface area (Å²) in [5.74, 6) is 0.0868. The fourth-order valence-corrected chi connectivity index (χ4v) is 2.63. The number of nitrogens with one attached hydrogen (secondary N) is 2. The van der Waals surface area contributed by atoms with Gasteiger partial charge in [0.25, 0.3) is 0 Å². The van der Waals surface area contributed by atoms with Crippen LogP contribution in [-0.4, -0.2) is 20.7 Å². The molecule has 0 aliphatic rings. The number of amides is 1. The summed E-state index contributed by atoms with van der Waals surface area (Å²) in [6.07, 6.45) is 8.02. The molecule has 3 aromatic rings. The third-order valence-electron chi connectivity index (χ3n) is 3.77. The molecule has 5 heteroatoms. The van der Waals surface area contributed by atoms with Gasteiger partial charge in [0.15, 0.2) is 0 Å². The van der Waals surface area contributed by atoms with Crippen LogP contribution in [0.3, 0.4) is 0 Å². The first-order valence-corrected chi connectivity index (χ1v) is 7.51. The van der Waals surface area contributed by atoms with E-state index in [4.69, 9.17) is 0 Å². The zero-order valence-corrected chi connectivity index (χ0v) is 12.7. The monoisotopic (exact) mass is 296 g/mol. The van der Waals surface area contributed by atoms with Crippen molar-refractivity contribution in [2.45, 2.75) is 25.8 Å². The van der Waals surface area contributed by atoms with E-state index in [1.54, 1.807) is 10.9 Å². The van der Waals surface area contributed by atoms with Crippen LogP contribution in [0.15, 0.2) is 42.9 Å². The van der Waals surface area contributed by atoms with Crippen LogP contribution in [0.2, 0.25) is 0 Å². The molecule has 2 heterocycles. The number of aryl methyl sites for hydroxylation is 2. The van der Waals surface area contributed by atoms with Crippen LogP contribution in [0.1, 0.15) is 24.0 Å². The molecule has 0 bridgehead atoms. The SMILES string of the molecule is Cn1cc(CNC(=O)CCCc2c[nH]c3ccccc23)cn1. The lowest BCUT2D eigenvalue weighted by Gasteiger charge is -2.03. The topological polar surface area (TPSA) is 62.7 Å². The first-order valence-electron chi connectivity index (χ1n) is 7.51. The first-order chi connectivity index (χ1) is 10.7. The van der Waals surface area contributed by atoms with Gasteiger partial charge >= 0.3 is 0 Å². The number of benzene rings is 1. The summed E-state index contributed by atoms with van der Waals surface area (Å²) in [4.78, 5) is 15.1. The molecule has 0 saturated carbocycles. The molecule has 3 rings (SSSR count). The first kappa shape index (κ1) is 14.4. The van der Waals surface area contributed by atoms with Crippen LogP contribution < -0.4 is 5.32 Å². The number of rotatable bonds is 6. The van der Waals surface area contributed by atoms with Gasteiger partial charge in [0.2, 0.25) is 5.91 Å². The quantitative estimate of drug-likeness (QED) is 0.734. The molecule has 0 spiro atoms. The van der Waals surface area contributed by atoms with Crippen molar-refractivity contribution in [2.24, 2.45) is 7.05 Å². The zero-order valence-electron chi connectivity index (χ0n) is 12.7. The minimum Gasteiger partial charge on any atom is -0.361 e. The van der Waals surface area contributed by atoms with Gasteiger partial charge in [-0.2, -0.15) is 5.10 Å². The molecule has 0 aliphatic carbocycles. The summed E-state index contributed by atoms with van der Waals surface area (Å²) in [7, 11) is 1.87. The number of hydrogen-bond donors (Lipinski definition) is 2. The third-order valence-corrected chi connectivity index (χ3v) is 3.77. The molecule has 0 aliphatic heterocycles. The zero-order chi connectivity index (χ0) is 15.4. The Balaban J connectivity index is 1.45. The van der Waals surface area contributed by atoms with Crippen LogP contribution in [0, 0.1) is 0 Å². The highest BCUT2D eigenvalue weighted by molar-refractivity contribution is 5.83. The van der Waals surface area contributed by atoms with E-state index in [1.807, 2.05) is 31.6 Å². The lowest BCUT2D eigenvalue weighted by atomic mass is 10.1. The highest BCUT2D eigenvalue weighted by Crippen LogP contribution is 2.19. The maximum absolute atomic E-state index is 11.9. The standard InChI is InChI=1S/C17H20N4O/c1-21-12-13(10-20-21)9-19-17(22)8-4-5-14-11-18-16-7-3-2-6-15(14)16/h2-3,6-7,10-12,18H,4-5,8-9H2,1H3,(H,19,22). The number of hydrogen-bond acceptors (Lipinski definition) is 2. The smallest absolute Gasteiger partial charge is 0.220 e. The van der Waals surface area contributed by atoms with E-state index in [1.165, 1.54) is 10.9 Å². The highest BCUT2D eigenvalue weighted by atomic mass is 16.1. The van der Waals surface area contributed by atoms with Crippen LogP contribution in [0.5, 0.6) is 0 Å². The van der Waals surface area contributed by atoms with Crippen LogP contribution in [-0.2, 0) is 24.8 Å². The largest absolute Gasteiger partial charge is 0.361 e. The van der Waals surface area contributed by atoms with Gasteiger partial charge in [0.05, 0.1) is 6.20 Å². The number of aromatic amines is 1. The van der Waals surface area contributed by atoms with Gasteiger partial charge in [-0.3, -0.25) is 9.48 Å². The number of carbonyl (C=O) groups excluding carboxylic acids is 1. The third kappa shape index (κ3) is 3.36. The molecule has 2 aromatic heterocycles. The molecule has 1 amide bonds. The summed E-state index contributed by atoms with van der Waals surface area (Å²) >= 11 is 0. The fraction of sp³-hybridized carbons (Fsp3) is 0.294. The van der Waals surface area contributed by atoms with Gasteiger partial charge in [0.1, 0.15) is 0 Å². The summed E-state index contributed by atoms with van der Waals surface area (Å²) < 4.78 is 1.73. The van der Waals surface area contributed by atoms with Gasteiger partial charge in [-0.1, -0.05) is 18.2 Å². The van der Waals surface area contributed by atoms with Crippen molar-refractivity contribution >= 4 is 16.8 Å². The number of H-pyrrole nitrogens is 1. The number of carbonyl (C=O) groups is 1. The molecule has 1 aromatic carbocycles. The van der Waals surface area contributed by atoms with Crippen molar-refractivity contribution in [1.29, 1.82) is 0 Å². The average molecular weight is 296 g/mol. The predicted molar refractivity (Wildman–Crippen MR) is 86.3 cm³/mol. The second-order valence-corrected chi connectivity index (χ2v) is 5.51. The van der Waals surface area contributed by atoms with E-state index in [0.29, 0.717) is 13.0 Å². The Morgan fingerprint density at radius 2 is 2.23 bits per heavy atom. The molecule has 0 fully saturated rings. The van der Waals surface area contributed by atoms with Crippen molar-refractivity contribution in [3.05, 3.63) is 54.0 Å². The summed E-state index contributed by atoms with van der Waals surface area (Å²) in [6.45, 7) is 0.541. The van der Waals surface area contributed by atoms with E-state index in [-0.39, 0.29) is 5.91 Å². The van der Waals surface area contributed by atoms with Gasteiger partial charge in [-0.15, -0.1) is 0 Å². The molecule has 5 nitrogen and oxygen atoms in total. The Hall–Kier alpha value is -2.56. The van der Waals surface area contributed by atoms with E-state index in [2.05, 4.69) is 27.5 Å². The fourth-order valence-electron chi connectivity index (χ4n) is 2.63. The maximum atomic E-state index is 11.9. The second kappa shape index (κ2) is 6.47. The van der Waals surface area contributed by atoms with Gasteiger partial charge in [0, 0.05) is 48.9 Å². The Morgan fingerprint density at radius 1 is 1.36 bits per heavy atom. The van der Waals surface area contributed by atoms with Crippen LogP contribution >= 0.6 is 0 Å². The molecule has 0 radical (unpaired) electrons. The normalized spacial score (nSPS) is 11.0. The molecular weight excluding hydrogens is 276 g/mol. The predicted octanol–water partition coefficient (Wildman–Crippen LogP) is 2.54. The Kier molecular flexibility index (Phi) is 4.23. The van der Waals surface area contributed by atoms with Crippen molar-refractivity contribution in [1.82, 2.24) is 20.1 Å². The van der Waals surface area contributed by atoms with Crippen molar-refractivity contribution in [3.8, 4) is 0 Å². The Labute approximate surface area is 129 Å². The van der Waals surface area contributed by atoms with E-state index in [9.17, 15) is 4.79 Å². The molecule has 114 valence electrons. The number of para-hydroxylation sites is 1. The van der Waals surface area contributed by atoms with Crippen molar-refractivity contribution in [3.63, 3.8) is 0 Å². The van der Waals surface area contributed by atoms with Gasteiger partial charge < -0.3 is 10.3 Å². The minimum atomic E-state index is 0.0868. The van der Waals surface area contributed by atoms with Crippen molar-refractivity contribution in [2.75, 3.05) is 0 Å². The van der Waals surface area contributed by atoms with Crippen LogP contribution in [0.4, 0.5) is 0 Å². The van der Waals surface area contributed by atoms with E-state index >= 15 is 0 Å². The molecule has 0 atom stereocenters. The van der Waals surface area contributed by atoms with E-state index in [0.717, 1.165) is 23.9 Å². The highest BCUT2D eigenvalue weighted by Gasteiger charge is 2.06. The Morgan fingerprint density at radius 3 is 3.05 bits per heavy atom. The molecule has 0 unspecified atom stereocenters. The maximum Gasteiger partial charge on any atom is 0.220 e. The molecule has 22 heavy (non-hydrogen) atoms. The minimum absolute atomic E-state index is 0.0868. The summed E-state index contributed by atoms with van der Waals surface area (Å²) in [5.41, 5.74) is 3.45. The number of aromatic nitrogens is 3. The lowest BCUT2D eigenvalue weighted by molar-refractivity contribution is -0.121. The summed E-state index contributed by atoms with van der Waals surface area (Å²) in [6, 6.07) is 8.25. The summed E-state index contributed by atoms with van der Waals surface area (Å²) in [5, 5.41) is 8.26. The molecule has 2 N–H and O–H groups in total. The van der Waals surface area contributed by atoms with Gasteiger partial charge in [-0.25, -0.2) is 0 Å². The molecule has 0 saturated heterocycles. The Bertz CT molecular complexity index is 772. The lowest BCUT2D eigenvalue weighted by Crippen LogP contribution is -2.22. The van der Waals surface area contributed by atoms with Crippen LogP contribution in [0.25, 0.3) is 10.9 Å². The average Bonchev–Trinajstić information content (AvgIpc) is 3.12. The number of nitrogens with zero attached hydrogens (tertiary/aromatic N) is 2. The second-order valence-electron chi connectivity index (χ2n) is 5.51. The van der Waals surface area contributed by atoms with Crippen molar-refractivity contribution < 1.29 is 4.79 Å². The molecular formula is C17H20N4O. The number of fused-ring (bicyclic) bond motifs is 1.